The van der Waals surface area contributed by atoms with Gasteiger partial charge in [-0.3, -0.25) is 0 Å². The van der Waals surface area contributed by atoms with E-state index in [4.69, 9.17) is 5.41 Å². The molecule has 0 spiro atoms. The average molecular weight is 291 g/mol. The Bertz CT molecular complexity index is 147. The summed E-state index contributed by atoms with van der Waals surface area (Å²) >= 11 is 1.45. The van der Waals surface area contributed by atoms with E-state index in [2.05, 4.69) is 11.0 Å². The minimum absolute atomic E-state index is 0.894. The normalized spacial score (nSPS) is 10.4. The van der Waals surface area contributed by atoms with E-state index in [-0.39, 0.29) is 0 Å². The summed E-state index contributed by atoms with van der Waals surface area (Å²) in [7, 11) is 0. The van der Waals surface area contributed by atoms with Gasteiger partial charge in [0.05, 0.1) is 0 Å². The fourth-order valence-electron chi connectivity index (χ4n) is 0.423. The summed E-state index contributed by atoms with van der Waals surface area (Å²) in [6.07, 6.45) is 5.82. The number of allylic oxidation sites excluding steroid dienone is 3. The zero-order chi connectivity index (χ0) is 7.11. The Labute approximate surface area is 66.4 Å². The first-order valence-corrected chi connectivity index (χ1v) is 4.30. The maximum atomic E-state index is 6.91. The summed E-state index contributed by atoms with van der Waals surface area (Å²) in [5.74, 6) is 0. The zero-order valence-electron chi connectivity index (χ0n) is 5.13. The third-order valence-electron chi connectivity index (χ3n) is 0.836. The summed E-state index contributed by atoms with van der Waals surface area (Å²) in [5, 5.41) is 6.91. The van der Waals surface area contributed by atoms with Crippen LogP contribution in [0.4, 0.5) is 0 Å². The van der Waals surface area contributed by atoms with Gasteiger partial charge in [-0.15, -0.1) is 0 Å². The van der Waals surface area contributed by atoms with Crippen molar-refractivity contribution in [2.45, 2.75) is 6.42 Å². The van der Waals surface area contributed by atoms with E-state index in [9.17, 15) is 0 Å². The van der Waals surface area contributed by atoms with Crippen LogP contribution in [0.25, 0.3) is 0 Å². The molecular formula is C7H9NW. The monoisotopic (exact) mass is 291 g/mol. The molecule has 0 aromatic heterocycles. The molecule has 0 bridgehead atoms. The second-order valence-electron chi connectivity index (χ2n) is 1.49. The van der Waals surface area contributed by atoms with Gasteiger partial charge in [0.25, 0.3) is 0 Å². The first-order valence-electron chi connectivity index (χ1n) is 2.61. The Hall–Kier alpha value is -0.292. The van der Waals surface area contributed by atoms with Crippen molar-refractivity contribution in [2.24, 2.45) is 0 Å². The van der Waals surface area contributed by atoms with Crippen molar-refractivity contribution in [1.29, 1.82) is 5.41 Å². The molecule has 1 N–H and O–H groups in total. The molecule has 0 rings (SSSR count). The van der Waals surface area contributed by atoms with E-state index >= 15 is 0 Å². The van der Waals surface area contributed by atoms with Gasteiger partial charge in [0.15, 0.2) is 0 Å². The molecule has 0 aliphatic heterocycles. The third kappa shape index (κ3) is 4.23. The van der Waals surface area contributed by atoms with Gasteiger partial charge >= 0.3 is 66.1 Å². The maximum absolute atomic E-state index is 6.91. The molecule has 0 fully saturated rings. The van der Waals surface area contributed by atoms with Crippen LogP contribution in [0, 0.1) is 5.41 Å². The fraction of sp³-hybridized carbons (Fsp3) is 0.143. The molecular weight excluding hydrogens is 282 g/mol. The van der Waals surface area contributed by atoms with Crippen LogP contribution in [0.3, 0.4) is 0 Å². The molecule has 0 amide bonds. The second kappa shape index (κ2) is 5.84. The van der Waals surface area contributed by atoms with E-state index in [1.807, 2.05) is 6.08 Å². The standard InChI is InChI=1S/C7H9N.W/c1-3-5-7(4-2)6-8;/h2-3,5-6,8H,1,4H2;/b7-5-,8-6?;. The van der Waals surface area contributed by atoms with Crippen molar-refractivity contribution in [1.82, 2.24) is 0 Å². The fourth-order valence-corrected chi connectivity index (χ4v) is 1.11. The van der Waals surface area contributed by atoms with Gasteiger partial charge in [-0.05, 0) is 0 Å². The summed E-state index contributed by atoms with van der Waals surface area (Å²) < 4.78 is 2.10. The molecule has 0 aromatic rings. The molecule has 2 heteroatoms. The topological polar surface area (TPSA) is 23.9 Å². The van der Waals surface area contributed by atoms with Gasteiger partial charge in [0.1, 0.15) is 0 Å². The predicted octanol–water partition coefficient (Wildman–Crippen LogP) is 1.49. The van der Waals surface area contributed by atoms with Crippen LogP contribution in [-0.2, 0) is 19.4 Å². The molecule has 0 aliphatic rings. The summed E-state index contributed by atoms with van der Waals surface area (Å²) in [4.78, 5) is 0. The molecule has 0 saturated carbocycles. The quantitative estimate of drug-likeness (QED) is 0.599. The molecule has 9 heavy (non-hydrogen) atoms. The number of rotatable bonds is 4. The van der Waals surface area contributed by atoms with Crippen molar-refractivity contribution in [3.05, 3.63) is 24.3 Å². The van der Waals surface area contributed by atoms with Gasteiger partial charge in [-0.25, -0.2) is 0 Å². The van der Waals surface area contributed by atoms with Crippen molar-refractivity contribution in [3.63, 3.8) is 0 Å². The summed E-state index contributed by atoms with van der Waals surface area (Å²) in [5.41, 5.74) is 1.01. The Kier molecular flexibility index (Phi) is 5.65. The van der Waals surface area contributed by atoms with E-state index < -0.39 is 0 Å². The van der Waals surface area contributed by atoms with Gasteiger partial charge in [-0.1, -0.05) is 0 Å². The molecule has 48 valence electrons. The van der Waals surface area contributed by atoms with Crippen LogP contribution in [0.15, 0.2) is 24.3 Å². The number of nitrogens with one attached hydrogen (secondary N) is 1. The molecule has 0 saturated heterocycles. The zero-order valence-corrected chi connectivity index (χ0v) is 8.07. The summed E-state index contributed by atoms with van der Waals surface area (Å²) in [6.45, 7) is 3.54. The van der Waals surface area contributed by atoms with Crippen LogP contribution in [0.1, 0.15) is 6.42 Å². The van der Waals surface area contributed by atoms with E-state index in [1.165, 1.54) is 25.6 Å². The minimum atomic E-state index is 0.894. The van der Waals surface area contributed by atoms with Crippen molar-refractivity contribution >= 4 is 10.6 Å². The van der Waals surface area contributed by atoms with Gasteiger partial charge < -0.3 is 0 Å². The SMILES string of the molecule is C=C/C=C(\C=N)C[CH]=[W]. The predicted molar refractivity (Wildman–Crippen MR) is 37.7 cm³/mol. The number of hydrogen-bond acceptors (Lipinski definition) is 1. The average Bonchev–Trinajstić information content (AvgIpc) is 1.88. The molecule has 0 aromatic carbocycles. The molecule has 0 aliphatic carbocycles. The van der Waals surface area contributed by atoms with Crippen LogP contribution < -0.4 is 0 Å². The molecule has 0 unspecified atom stereocenters. The molecule has 0 atom stereocenters. The van der Waals surface area contributed by atoms with Crippen molar-refractivity contribution in [3.8, 4) is 0 Å². The van der Waals surface area contributed by atoms with E-state index in [0.29, 0.717) is 0 Å². The Balaban J connectivity index is 3.95. The first kappa shape index (κ1) is 8.71. The van der Waals surface area contributed by atoms with Crippen molar-refractivity contribution in [2.75, 3.05) is 0 Å². The van der Waals surface area contributed by atoms with Crippen LogP contribution in [-0.4, -0.2) is 10.6 Å². The molecule has 1 nitrogen and oxygen atoms in total. The van der Waals surface area contributed by atoms with Crippen LogP contribution >= 0.6 is 0 Å². The number of hydrogen-bond donors (Lipinski definition) is 1. The third-order valence-corrected chi connectivity index (χ3v) is 1.44. The van der Waals surface area contributed by atoms with Crippen LogP contribution in [0.2, 0.25) is 0 Å². The Morgan fingerprint density at radius 2 is 2.33 bits per heavy atom. The van der Waals surface area contributed by atoms with Gasteiger partial charge in [0.2, 0.25) is 0 Å². The van der Waals surface area contributed by atoms with E-state index in [0.717, 1.165) is 12.0 Å². The summed E-state index contributed by atoms with van der Waals surface area (Å²) in [6, 6.07) is 0. The van der Waals surface area contributed by atoms with Gasteiger partial charge in [0, 0.05) is 0 Å². The molecule has 0 radical (unpaired) electrons. The first-order chi connectivity index (χ1) is 4.35. The van der Waals surface area contributed by atoms with Gasteiger partial charge in [-0.2, -0.15) is 0 Å². The van der Waals surface area contributed by atoms with Crippen LogP contribution in [0.5, 0.6) is 0 Å². The Morgan fingerprint density at radius 3 is 2.67 bits per heavy atom. The second-order valence-corrected chi connectivity index (χ2v) is 2.69. The van der Waals surface area contributed by atoms with E-state index in [1.54, 1.807) is 6.08 Å². The Morgan fingerprint density at radius 1 is 1.67 bits per heavy atom. The molecule has 0 heterocycles. The van der Waals surface area contributed by atoms with Crippen molar-refractivity contribution < 1.29 is 19.4 Å².